The summed E-state index contributed by atoms with van der Waals surface area (Å²) in [5, 5.41) is 0.754. The molecule has 2 rings (SSSR count). The van der Waals surface area contributed by atoms with Gasteiger partial charge in [0.1, 0.15) is 5.82 Å². The minimum absolute atomic E-state index is 0.118. The Labute approximate surface area is 131 Å². The van der Waals surface area contributed by atoms with Gasteiger partial charge in [-0.15, -0.1) is 0 Å². The molecular formula is C17H22ClN3. The lowest BCUT2D eigenvalue weighted by molar-refractivity contribution is 0.700. The highest BCUT2D eigenvalue weighted by Gasteiger charge is 2.16. The van der Waals surface area contributed by atoms with Crippen LogP contribution in [0.4, 0.5) is 5.82 Å². The molecule has 1 aromatic carbocycles. The summed E-state index contributed by atoms with van der Waals surface area (Å²) >= 11 is 5.96. The maximum Gasteiger partial charge on any atom is 0.132 e. The number of halogens is 1. The van der Waals surface area contributed by atoms with Crippen LogP contribution >= 0.6 is 11.6 Å². The van der Waals surface area contributed by atoms with Crippen LogP contribution < -0.4 is 10.6 Å². The van der Waals surface area contributed by atoms with Crippen LogP contribution in [-0.2, 0) is 6.42 Å². The smallest absolute Gasteiger partial charge is 0.132 e. The number of nitrogens with two attached hydrogens (primary N) is 1. The molecule has 2 atom stereocenters. The van der Waals surface area contributed by atoms with Crippen LogP contribution in [-0.4, -0.2) is 18.1 Å². The summed E-state index contributed by atoms with van der Waals surface area (Å²) in [6.07, 6.45) is 2.64. The molecule has 4 heteroatoms. The fraction of sp³-hybridized carbons (Fsp3) is 0.353. The number of nitrogens with zero attached hydrogens (tertiary/aromatic N) is 2. The molecule has 2 aromatic rings. The normalized spacial score (nSPS) is 13.8. The van der Waals surface area contributed by atoms with Crippen LogP contribution in [0.15, 0.2) is 42.6 Å². The van der Waals surface area contributed by atoms with E-state index in [0.29, 0.717) is 0 Å². The molecule has 0 fully saturated rings. The lowest BCUT2D eigenvalue weighted by Gasteiger charge is -2.28. The second kappa shape index (κ2) is 6.92. The van der Waals surface area contributed by atoms with E-state index in [2.05, 4.69) is 42.1 Å². The van der Waals surface area contributed by atoms with Crippen LogP contribution in [0, 0.1) is 0 Å². The maximum absolute atomic E-state index is 5.96. The molecule has 0 radical (unpaired) electrons. The molecule has 0 aliphatic heterocycles. The number of benzene rings is 1. The standard InChI is InChI=1S/C17H22ClN3/c1-12(19)11-15-5-4-10-20-17(15)21(3)13(2)14-6-8-16(18)9-7-14/h4-10,12-13H,11,19H2,1-3H3. The van der Waals surface area contributed by atoms with Gasteiger partial charge in [0.05, 0.1) is 6.04 Å². The van der Waals surface area contributed by atoms with Gasteiger partial charge in [0.25, 0.3) is 0 Å². The maximum atomic E-state index is 5.96. The van der Waals surface area contributed by atoms with Gasteiger partial charge in [-0.2, -0.15) is 0 Å². The quantitative estimate of drug-likeness (QED) is 0.913. The largest absolute Gasteiger partial charge is 0.353 e. The Bertz CT molecular complexity index is 581. The first-order chi connectivity index (χ1) is 9.99. The number of pyridine rings is 1. The summed E-state index contributed by atoms with van der Waals surface area (Å²) in [5.74, 6) is 0.984. The van der Waals surface area contributed by atoms with Gasteiger partial charge >= 0.3 is 0 Å². The van der Waals surface area contributed by atoms with Gasteiger partial charge in [0.2, 0.25) is 0 Å². The summed E-state index contributed by atoms with van der Waals surface area (Å²) in [4.78, 5) is 6.72. The zero-order valence-electron chi connectivity index (χ0n) is 12.8. The number of hydrogen-bond donors (Lipinski definition) is 1. The summed E-state index contributed by atoms with van der Waals surface area (Å²) in [5.41, 5.74) is 8.32. The molecule has 0 aliphatic carbocycles. The Morgan fingerprint density at radius 3 is 2.48 bits per heavy atom. The topological polar surface area (TPSA) is 42.1 Å². The van der Waals surface area contributed by atoms with E-state index >= 15 is 0 Å². The molecule has 0 saturated heterocycles. The Hall–Kier alpha value is -1.58. The van der Waals surface area contributed by atoms with E-state index in [9.17, 15) is 0 Å². The second-order valence-electron chi connectivity index (χ2n) is 5.51. The van der Waals surface area contributed by atoms with Gasteiger partial charge in [0.15, 0.2) is 0 Å². The first-order valence-corrected chi connectivity index (χ1v) is 7.54. The molecule has 2 N–H and O–H groups in total. The number of aromatic nitrogens is 1. The van der Waals surface area contributed by atoms with Gasteiger partial charge in [-0.25, -0.2) is 4.98 Å². The van der Waals surface area contributed by atoms with E-state index in [1.807, 2.05) is 31.3 Å². The molecule has 112 valence electrons. The molecular weight excluding hydrogens is 282 g/mol. The summed E-state index contributed by atoms with van der Waals surface area (Å²) < 4.78 is 0. The Morgan fingerprint density at radius 1 is 1.19 bits per heavy atom. The molecule has 0 aliphatic rings. The summed E-state index contributed by atoms with van der Waals surface area (Å²) in [7, 11) is 2.06. The van der Waals surface area contributed by atoms with Gasteiger partial charge in [-0.1, -0.05) is 29.8 Å². The van der Waals surface area contributed by atoms with E-state index in [0.717, 1.165) is 17.3 Å². The number of rotatable bonds is 5. The molecule has 2 unspecified atom stereocenters. The van der Waals surface area contributed by atoms with Crippen LogP contribution in [0.3, 0.4) is 0 Å². The SMILES string of the molecule is CC(N)Cc1cccnc1N(C)C(C)c1ccc(Cl)cc1. The third-order valence-corrected chi connectivity index (χ3v) is 3.93. The van der Waals surface area contributed by atoms with Crippen molar-refractivity contribution < 1.29 is 0 Å². The lowest BCUT2D eigenvalue weighted by atomic mass is 10.0. The van der Waals surface area contributed by atoms with Gasteiger partial charge in [-0.3, -0.25) is 0 Å². The monoisotopic (exact) mass is 303 g/mol. The Kier molecular flexibility index (Phi) is 5.21. The molecule has 0 amide bonds. The predicted octanol–water partition coefficient (Wildman–Crippen LogP) is 3.82. The van der Waals surface area contributed by atoms with Crippen molar-refractivity contribution in [1.29, 1.82) is 0 Å². The average molecular weight is 304 g/mol. The zero-order valence-corrected chi connectivity index (χ0v) is 13.5. The van der Waals surface area contributed by atoms with E-state index in [4.69, 9.17) is 17.3 Å². The average Bonchev–Trinajstić information content (AvgIpc) is 2.46. The second-order valence-corrected chi connectivity index (χ2v) is 5.94. The van der Waals surface area contributed by atoms with Crippen molar-refractivity contribution in [2.45, 2.75) is 32.4 Å². The summed E-state index contributed by atoms with van der Waals surface area (Å²) in [6, 6.07) is 12.3. The highest BCUT2D eigenvalue weighted by molar-refractivity contribution is 6.30. The van der Waals surface area contributed by atoms with Crippen molar-refractivity contribution in [3.05, 3.63) is 58.7 Å². The van der Waals surface area contributed by atoms with Gasteiger partial charge < -0.3 is 10.6 Å². The summed E-state index contributed by atoms with van der Waals surface area (Å²) in [6.45, 7) is 4.17. The third-order valence-electron chi connectivity index (χ3n) is 3.68. The van der Waals surface area contributed by atoms with E-state index in [1.54, 1.807) is 0 Å². The predicted molar refractivity (Wildman–Crippen MR) is 89.9 cm³/mol. The van der Waals surface area contributed by atoms with Crippen molar-refractivity contribution in [1.82, 2.24) is 4.98 Å². The number of anilines is 1. The van der Waals surface area contributed by atoms with Crippen molar-refractivity contribution in [3.63, 3.8) is 0 Å². The highest BCUT2D eigenvalue weighted by atomic mass is 35.5. The molecule has 3 nitrogen and oxygen atoms in total. The van der Waals surface area contributed by atoms with Crippen molar-refractivity contribution in [2.24, 2.45) is 5.73 Å². The van der Waals surface area contributed by atoms with Crippen molar-refractivity contribution >= 4 is 17.4 Å². The fourth-order valence-electron chi connectivity index (χ4n) is 2.40. The minimum Gasteiger partial charge on any atom is -0.353 e. The van der Waals surface area contributed by atoms with Gasteiger partial charge in [0, 0.05) is 24.3 Å². The van der Waals surface area contributed by atoms with Crippen LogP contribution in [0.25, 0.3) is 0 Å². The zero-order chi connectivity index (χ0) is 15.4. The Morgan fingerprint density at radius 2 is 1.86 bits per heavy atom. The minimum atomic E-state index is 0.118. The first kappa shape index (κ1) is 15.8. The van der Waals surface area contributed by atoms with Crippen molar-refractivity contribution in [2.75, 3.05) is 11.9 Å². The fourth-order valence-corrected chi connectivity index (χ4v) is 2.53. The van der Waals surface area contributed by atoms with Crippen molar-refractivity contribution in [3.8, 4) is 0 Å². The molecule has 1 aromatic heterocycles. The van der Waals surface area contributed by atoms with Gasteiger partial charge in [-0.05, 0) is 49.6 Å². The highest BCUT2D eigenvalue weighted by Crippen LogP contribution is 2.27. The molecule has 21 heavy (non-hydrogen) atoms. The van der Waals surface area contributed by atoms with Crippen LogP contribution in [0.5, 0.6) is 0 Å². The molecule has 1 heterocycles. The van der Waals surface area contributed by atoms with Crippen LogP contribution in [0.1, 0.15) is 31.0 Å². The third kappa shape index (κ3) is 3.96. The molecule has 0 spiro atoms. The van der Waals surface area contributed by atoms with E-state index < -0.39 is 0 Å². The first-order valence-electron chi connectivity index (χ1n) is 7.17. The van der Waals surface area contributed by atoms with E-state index in [1.165, 1.54) is 11.1 Å². The molecule has 0 saturated carbocycles. The Balaban J connectivity index is 2.26. The van der Waals surface area contributed by atoms with Crippen LogP contribution in [0.2, 0.25) is 5.02 Å². The number of hydrogen-bond acceptors (Lipinski definition) is 3. The van der Waals surface area contributed by atoms with E-state index in [-0.39, 0.29) is 12.1 Å². The lowest BCUT2D eigenvalue weighted by Crippen LogP contribution is -2.26. The molecule has 0 bridgehead atoms.